The van der Waals surface area contributed by atoms with Crippen molar-refractivity contribution in [2.24, 2.45) is 0 Å². The highest BCUT2D eigenvalue weighted by Crippen LogP contribution is 2.16. The van der Waals surface area contributed by atoms with Crippen LogP contribution in [-0.4, -0.2) is 45.1 Å². The first-order valence-electron chi connectivity index (χ1n) is 6.79. The molecule has 1 aliphatic rings. The number of hydrogen-bond donors (Lipinski definition) is 3. The van der Waals surface area contributed by atoms with Crippen LogP contribution < -0.4 is 16.4 Å². The molecule has 8 heteroatoms. The Morgan fingerprint density at radius 2 is 2.33 bits per heavy atom. The zero-order chi connectivity index (χ0) is 15.2. The molecule has 0 radical (unpaired) electrons. The molecule has 2 heterocycles. The van der Waals surface area contributed by atoms with Crippen molar-refractivity contribution in [2.45, 2.75) is 32.2 Å². The van der Waals surface area contributed by atoms with Gasteiger partial charge >= 0.3 is 0 Å². The fourth-order valence-electron chi connectivity index (χ4n) is 2.25. The Hall–Kier alpha value is -2.40. The van der Waals surface area contributed by atoms with E-state index in [1.807, 2.05) is 4.90 Å². The Balaban J connectivity index is 1.95. The lowest BCUT2D eigenvalue weighted by Crippen LogP contribution is -2.51. The molecule has 0 spiro atoms. The highest BCUT2D eigenvalue weighted by Gasteiger charge is 2.28. The van der Waals surface area contributed by atoms with Gasteiger partial charge in [0.2, 0.25) is 5.95 Å². The molecular formula is C13H18N6O2. The SMILES string of the molecule is C#CCN1CCCCC1C(=O)NNc1nnc(C)c(=O)[nH]1. The summed E-state index contributed by atoms with van der Waals surface area (Å²) in [5.41, 5.74) is 5.01. The van der Waals surface area contributed by atoms with Gasteiger partial charge in [-0.15, -0.1) is 16.6 Å². The first-order valence-corrected chi connectivity index (χ1v) is 6.79. The lowest BCUT2D eigenvalue weighted by molar-refractivity contribution is -0.126. The second-order valence-corrected chi connectivity index (χ2v) is 4.89. The summed E-state index contributed by atoms with van der Waals surface area (Å²) in [6.07, 6.45) is 8.10. The number of likely N-dealkylation sites (tertiary alicyclic amines) is 1. The van der Waals surface area contributed by atoms with Crippen LogP contribution in [0.3, 0.4) is 0 Å². The largest absolute Gasteiger partial charge is 0.288 e. The molecule has 0 saturated carbocycles. The maximum absolute atomic E-state index is 12.2. The lowest BCUT2D eigenvalue weighted by atomic mass is 10.0. The fourth-order valence-corrected chi connectivity index (χ4v) is 2.25. The monoisotopic (exact) mass is 290 g/mol. The number of H-pyrrole nitrogens is 1. The number of aromatic nitrogens is 3. The number of carbonyl (C=O) groups is 1. The van der Waals surface area contributed by atoms with Gasteiger partial charge in [-0.25, -0.2) is 0 Å². The topological polar surface area (TPSA) is 103 Å². The molecule has 1 aromatic heterocycles. The predicted octanol–water partition coefficient (Wildman–Crippen LogP) is -0.596. The van der Waals surface area contributed by atoms with Gasteiger partial charge in [0, 0.05) is 0 Å². The molecular weight excluding hydrogens is 272 g/mol. The van der Waals surface area contributed by atoms with Crippen LogP contribution in [-0.2, 0) is 4.79 Å². The van der Waals surface area contributed by atoms with Crippen molar-refractivity contribution < 1.29 is 4.79 Å². The van der Waals surface area contributed by atoms with Crippen molar-refractivity contribution in [3.8, 4) is 12.3 Å². The zero-order valence-electron chi connectivity index (χ0n) is 11.8. The van der Waals surface area contributed by atoms with Crippen LogP contribution >= 0.6 is 0 Å². The van der Waals surface area contributed by atoms with E-state index in [2.05, 4.69) is 32.0 Å². The van der Waals surface area contributed by atoms with Gasteiger partial charge in [-0.3, -0.25) is 30.3 Å². The van der Waals surface area contributed by atoms with Crippen molar-refractivity contribution in [2.75, 3.05) is 18.5 Å². The minimum Gasteiger partial charge on any atom is -0.288 e. The third-order valence-electron chi connectivity index (χ3n) is 3.38. The average molecular weight is 290 g/mol. The number of hydrogen-bond acceptors (Lipinski definition) is 6. The van der Waals surface area contributed by atoms with Gasteiger partial charge in [-0.05, 0) is 26.3 Å². The maximum Gasteiger partial charge on any atom is 0.274 e. The second-order valence-electron chi connectivity index (χ2n) is 4.89. The molecule has 2 rings (SSSR count). The lowest BCUT2D eigenvalue weighted by Gasteiger charge is -2.33. The van der Waals surface area contributed by atoms with Crippen LogP contribution in [0, 0.1) is 19.3 Å². The number of piperidine rings is 1. The van der Waals surface area contributed by atoms with E-state index in [4.69, 9.17) is 6.42 Å². The predicted molar refractivity (Wildman–Crippen MR) is 77.2 cm³/mol. The molecule has 3 N–H and O–H groups in total. The van der Waals surface area contributed by atoms with Gasteiger partial charge in [0.05, 0.1) is 12.6 Å². The van der Waals surface area contributed by atoms with Crippen LogP contribution in [0.4, 0.5) is 5.95 Å². The molecule has 1 amide bonds. The summed E-state index contributed by atoms with van der Waals surface area (Å²) in [6.45, 7) is 2.80. The third kappa shape index (κ3) is 3.79. The van der Waals surface area contributed by atoms with E-state index in [9.17, 15) is 9.59 Å². The van der Waals surface area contributed by atoms with Gasteiger partial charge < -0.3 is 0 Å². The van der Waals surface area contributed by atoms with E-state index in [1.54, 1.807) is 6.92 Å². The highest BCUT2D eigenvalue weighted by atomic mass is 16.2. The van der Waals surface area contributed by atoms with Crippen LogP contribution in [0.2, 0.25) is 0 Å². The van der Waals surface area contributed by atoms with E-state index in [1.165, 1.54) is 0 Å². The average Bonchev–Trinajstić information content (AvgIpc) is 2.49. The van der Waals surface area contributed by atoms with Gasteiger partial charge in [0.25, 0.3) is 11.5 Å². The quantitative estimate of drug-likeness (QED) is 0.505. The summed E-state index contributed by atoms with van der Waals surface area (Å²) in [7, 11) is 0. The smallest absolute Gasteiger partial charge is 0.274 e. The number of nitrogens with one attached hydrogen (secondary N) is 3. The Bertz CT molecular complexity index is 605. The number of anilines is 1. The number of aryl methyl sites for hydroxylation is 1. The molecule has 112 valence electrons. The molecule has 1 aliphatic heterocycles. The van der Waals surface area contributed by atoms with E-state index < -0.39 is 0 Å². The Kier molecular flexibility index (Phi) is 4.90. The van der Waals surface area contributed by atoms with E-state index in [0.717, 1.165) is 25.8 Å². The summed E-state index contributed by atoms with van der Waals surface area (Å²) >= 11 is 0. The van der Waals surface area contributed by atoms with E-state index >= 15 is 0 Å². The number of carbonyl (C=O) groups excluding carboxylic acids is 1. The minimum atomic E-state index is -0.353. The molecule has 1 fully saturated rings. The van der Waals surface area contributed by atoms with Crippen LogP contribution in [0.1, 0.15) is 25.0 Å². The van der Waals surface area contributed by atoms with Crippen molar-refractivity contribution in [3.63, 3.8) is 0 Å². The third-order valence-corrected chi connectivity index (χ3v) is 3.38. The van der Waals surface area contributed by atoms with Crippen LogP contribution in [0.15, 0.2) is 4.79 Å². The molecule has 1 aromatic rings. The van der Waals surface area contributed by atoms with E-state index in [-0.39, 0.29) is 29.2 Å². The number of nitrogens with zero attached hydrogens (tertiary/aromatic N) is 3. The number of hydrazine groups is 1. The van der Waals surface area contributed by atoms with Gasteiger partial charge in [-0.2, -0.15) is 0 Å². The number of aromatic amines is 1. The number of terminal acetylenes is 1. The number of amides is 1. The molecule has 0 aliphatic carbocycles. The van der Waals surface area contributed by atoms with Crippen molar-refractivity contribution in [1.82, 2.24) is 25.5 Å². The highest BCUT2D eigenvalue weighted by molar-refractivity contribution is 5.82. The summed E-state index contributed by atoms with van der Waals surface area (Å²) in [5, 5.41) is 7.40. The van der Waals surface area contributed by atoms with Crippen LogP contribution in [0.5, 0.6) is 0 Å². The summed E-state index contributed by atoms with van der Waals surface area (Å²) < 4.78 is 0. The Morgan fingerprint density at radius 3 is 3.05 bits per heavy atom. The standard InChI is InChI=1S/C13H18N6O2/c1-3-7-19-8-5-4-6-10(19)12(21)16-18-13-14-11(20)9(2)15-17-13/h1,10H,4-8H2,2H3,(H,16,21)(H2,14,17,18,20). The summed E-state index contributed by atoms with van der Waals surface area (Å²) in [6, 6.07) is -0.271. The van der Waals surface area contributed by atoms with Crippen molar-refractivity contribution in [3.05, 3.63) is 16.0 Å². The molecule has 0 bridgehead atoms. The minimum absolute atomic E-state index is 0.0956. The van der Waals surface area contributed by atoms with Gasteiger partial charge in [0.1, 0.15) is 5.69 Å². The van der Waals surface area contributed by atoms with Crippen LogP contribution in [0.25, 0.3) is 0 Å². The Labute approximate surface area is 122 Å². The van der Waals surface area contributed by atoms with E-state index in [0.29, 0.717) is 6.54 Å². The summed E-state index contributed by atoms with van der Waals surface area (Å²) in [4.78, 5) is 28.0. The fraction of sp³-hybridized carbons (Fsp3) is 0.538. The molecule has 8 nitrogen and oxygen atoms in total. The zero-order valence-corrected chi connectivity index (χ0v) is 11.8. The Morgan fingerprint density at radius 1 is 1.52 bits per heavy atom. The molecule has 1 saturated heterocycles. The van der Waals surface area contributed by atoms with Crippen molar-refractivity contribution in [1.29, 1.82) is 0 Å². The van der Waals surface area contributed by atoms with Gasteiger partial charge in [0.15, 0.2) is 0 Å². The number of rotatable bonds is 4. The molecule has 0 aromatic carbocycles. The normalized spacial score (nSPS) is 18.8. The second kappa shape index (κ2) is 6.85. The van der Waals surface area contributed by atoms with Crippen molar-refractivity contribution >= 4 is 11.9 Å². The maximum atomic E-state index is 12.2. The summed E-state index contributed by atoms with van der Waals surface area (Å²) in [5.74, 6) is 2.46. The first kappa shape index (κ1) is 15.0. The first-order chi connectivity index (χ1) is 10.1. The molecule has 1 atom stereocenters. The molecule has 1 unspecified atom stereocenters. The van der Waals surface area contributed by atoms with Gasteiger partial charge in [-0.1, -0.05) is 12.3 Å². The molecule has 21 heavy (non-hydrogen) atoms.